The number of thiazole rings is 1. The highest BCUT2D eigenvalue weighted by Gasteiger charge is 2.41. The van der Waals surface area contributed by atoms with Crippen molar-refractivity contribution in [1.29, 1.82) is 0 Å². The van der Waals surface area contributed by atoms with E-state index < -0.39 is 23.9 Å². The number of anilines is 5. The molecule has 16 nitrogen and oxygen atoms in total. The number of piperidine rings is 1. The number of nitrogens with zero attached hydrogens (tertiary/aromatic N) is 9. The molecule has 4 fully saturated rings. The number of hydrogen-bond donors (Lipinski definition) is 3. The standard InChI is InChI=1S/C58H68FN11O5S/c1-38(2)54(58(74)70-36-47(71)34-50(70)57(73)62-39(3)42-8-10-43(11-9-42)55-40(4)61-37-76-55)51-35-53(64-75-51)69-27-25-65(26-28-69)22-18-41-19-23-66(24-20-41)46-16-17-48(49(59)33-46)56(72)63-44-12-14-45(15-13-44)67-29-31-68(32-30-67)52-7-5-6-21-60-52/h5-17,21,33,35,37,39,41,47,50,71H,18-20,22-32,34,36H2,1-4H3,(H,62,73)(H,63,72)/t39-,47+,50-/m0/s1. The number of amides is 3. The lowest BCUT2D eigenvalue weighted by molar-refractivity contribution is -0.135. The first-order valence-corrected chi connectivity index (χ1v) is 27.5. The lowest BCUT2D eigenvalue weighted by atomic mass is 9.93. The number of likely N-dealkylation sites (tertiary alicyclic amines) is 1. The molecule has 3 N–H and O–H groups in total. The van der Waals surface area contributed by atoms with Crippen molar-refractivity contribution in [3.8, 4) is 10.4 Å². The van der Waals surface area contributed by atoms with Gasteiger partial charge in [0.15, 0.2) is 11.6 Å². The minimum absolute atomic E-state index is 0.0209. The number of carbonyl (C=O) groups is 3. The van der Waals surface area contributed by atoms with E-state index in [1.165, 1.54) is 11.0 Å². The van der Waals surface area contributed by atoms with Crippen LogP contribution in [0.2, 0.25) is 0 Å². The van der Waals surface area contributed by atoms with E-state index in [-0.39, 0.29) is 36.4 Å². The predicted molar refractivity (Wildman–Crippen MR) is 297 cm³/mol. The number of aryl methyl sites for hydroxylation is 1. The minimum Gasteiger partial charge on any atom is -0.391 e. The van der Waals surface area contributed by atoms with Crippen LogP contribution in [-0.4, -0.2) is 138 Å². The molecule has 4 aliphatic heterocycles. The van der Waals surface area contributed by atoms with Gasteiger partial charge in [0.2, 0.25) is 5.91 Å². The van der Waals surface area contributed by atoms with Gasteiger partial charge in [0, 0.05) is 108 Å². The van der Waals surface area contributed by atoms with Crippen LogP contribution in [0.1, 0.15) is 79.9 Å². The van der Waals surface area contributed by atoms with Crippen molar-refractivity contribution in [3.63, 3.8) is 0 Å². The number of pyridine rings is 1. The Morgan fingerprint density at radius 1 is 0.803 bits per heavy atom. The van der Waals surface area contributed by atoms with Gasteiger partial charge in [-0.05, 0) is 125 Å². The van der Waals surface area contributed by atoms with Crippen LogP contribution >= 0.6 is 11.3 Å². The molecule has 4 aliphatic rings. The fourth-order valence-corrected chi connectivity index (χ4v) is 11.9. The van der Waals surface area contributed by atoms with Crippen molar-refractivity contribution in [1.82, 2.24) is 30.2 Å². The number of nitrogens with one attached hydrogen (secondary N) is 2. The van der Waals surface area contributed by atoms with Crippen LogP contribution in [0.25, 0.3) is 16.0 Å². The Morgan fingerprint density at radius 2 is 1.49 bits per heavy atom. The van der Waals surface area contributed by atoms with Crippen LogP contribution in [-0.2, 0) is 9.59 Å². The third-order valence-electron chi connectivity index (χ3n) is 15.5. The molecule has 3 aromatic heterocycles. The number of β-amino-alcohol motifs (C(OH)–C–C–N with tert-alkyl or cyclic N) is 1. The highest BCUT2D eigenvalue weighted by Crippen LogP contribution is 2.33. The molecule has 3 atom stereocenters. The van der Waals surface area contributed by atoms with E-state index in [0.717, 1.165) is 136 Å². The Morgan fingerprint density at radius 3 is 2.16 bits per heavy atom. The summed E-state index contributed by atoms with van der Waals surface area (Å²) >= 11 is 1.59. The molecule has 0 aliphatic carbocycles. The summed E-state index contributed by atoms with van der Waals surface area (Å²) in [5.41, 5.74) is 8.37. The van der Waals surface area contributed by atoms with Gasteiger partial charge in [-0.15, -0.1) is 11.3 Å². The molecule has 7 heterocycles. The van der Waals surface area contributed by atoms with Gasteiger partial charge < -0.3 is 44.8 Å². The number of benzene rings is 3. The molecular weight excluding hydrogens is 982 g/mol. The predicted octanol–water partition coefficient (Wildman–Crippen LogP) is 8.28. The summed E-state index contributed by atoms with van der Waals surface area (Å²) in [5.74, 6) is 0.848. The molecule has 76 heavy (non-hydrogen) atoms. The summed E-state index contributed by atoms with van der Waals surface area (Å²) in [5, 5.41) is 21.1. The lowest BCUT2D eigenvalue weighted by Gasteiger charge is -2.37. The first kappa shape index (κ1) is 52.3. The molecule has 3 aromatic carbocycles. The zero-order chi connectivity index (χ0) is 52.9. The van der Waals surface area contributed by atoms with E-state index >= 15 is 4.39 Å². The van der Waals surface area contributed by atoms with Gasteiger partial charge in [0.1, 0.15) is 17.7 Å². The normalized spacial score (nSPS) is 18.9. The summed E-state index contributed by atoms with van der Waals surface area (Å²) in [6.07, 6.45) is 4.22. The summed E-state index contributed by atoms with van der Waals surface area (Å²) < 4.78 is 21.4. The molecule has 0 spiro atoms. The van der Waals surface area contributed by atoms with Gasteiger partial charge in [-0.1, -0.05) is 41.1 Å². The quantitative estimate of drug-likeness (QED) is 0.0842. The van der Waals surface area contributed by atoms with E-state index in [2.05, 4.69) is 50.3 Å². The lowest BCUT2D eigenvalue weighted by Crippen LogP contribution is -2.47. The molecule has 398 valence electrons. The highest BCUT2D eigenvalue weighted by atomic mass is 32.1. The highest BCUT2D eigenvalue weighted by molar-refractivity contribution is 7.13. The molecule has 0 unspecified atom stereocenters. The molecule has 18 heteroatoms. The second-order valence-corrected chi connectivity index (χ2v) is 21.6. The van der Waals surface area contributed by atoms with Crippen molar-refractivity contribution in [2.75, 3.05) is 103 Å². The average molecular weight is 1050 g/mol. The number of allylic oxidation sites excluding steroid dienone is 1. The van der Waals surface area contributed by atoms with Crippen molar-refractivity contribution in [2.45, 2.75) is 71.6 Å². The number of carbonyl (C=O) groups excluding carboxylic acids is 3. The third-order valence-corrected chi connectivity index (χ3v) is 16.5. The molecule has 0 saturated carbocycles. The van der Waals surface area contributed by atoms with E-state index in [4.69, 9.17) is 4.52 Å². The van der Waals surface area contributed by atoms with Crippen molar-refractivity contribution in [3.05, 3.63) is 137 Å². The Labute approximate surface area is 448 Å². The SMILES string of the molecule is CC(C)=C(C(=O)N1C[C@H](O)C[C@H]1C(=O)N[C@@H](C)c1ccc(-c2scnc2C)cc1)c1cc(N2CCN(CCC3CCN(c4ccc(C(=O)Nc5ccc(N6CCN(c7ccccn7)CC6)cc5)c(F)c4)CC3)CC2)no1. The first-order chi connectivity index (χ1) is 36.8. The number of piperazine rings is 2. The average Bonchev–Trinajstić information content (AvgIpc) is 4.22. The maximum absolute atomic E-state index is 15.5. The minimum atomic E-state index is -0.849. The molecule has 3 amide bonds. The van der Waals surface area contributed by atoms with Gasteiger partial charge in [-0.25, -0.2) is 14.4 Å². The topological polar surface area (TPSA) is 167 Å². The Kier molecular flexibility index (Phi) is 16.1. The van der Waals surface area contributed by atoms with Gasteiger partial charge >= 0.3 is 0 Å². The Hall–Kier alpha value is -7.15. The van der Waals surface area contributed by atoms with Crippen molar-refractivity contribution >= 4 is 63.3 Å². The Balaban J connectivity index is 0.651. The van der Waals surface area contributed by atoms with E-state index in [1.54, 1.807) is 17.4 Å². The molecule has 10 rings (SSSR count). The van der Waals surface area contributed by atoms with Crippen molar-refractivity contribution in [2.24, 2.45) is 5.92 Å². The van der Waals surface area contributed by atoms with E-state index in [1.807, 2.05) is 118 Å². The molecule has 6 aromatic rings. The van der Waals surface area contributed by atoms with Crippen LogP contribution < -0.4 is 30.2 Å². The molecule has 0 bridgehead atoms. The van der Waals surface area contributed by atoms with Gasteiger partial charge in [-0.2, -0.15) is 0 Å². The summed E-state index contributed by atoms with van der Waals surface area (Å²) in [4.78, 5) is 64.2. The monoisotopic (exact) mass is 1050 g/mol. The zero-order valence-electron chi connectivity index (χ0n) is 43.8. The van der Waals surface area contributed by atoms with Crippen LogP contribution in [0.5, 0.6) is 0 Å². The van der Waals surface area contributed by atoms with Gasteiger partial charge in [-0.3, -0.25) is 19.3 Å². The number of aromatic nitrogens is 3. The van der Waals surface area contributed by atoms with Gasteiger partial charge in [0.25, 0.3) is 11.8 Å². The Bertz CT molecular complexity index is 2990. The van der Waals surface area contributed by atoms with E-state index in [9.17, 15) is 19.5 Å². The zero-order valence-corrected chi connectivity index (χ0v) is 44.6. The second kappa shape index (κ2) is 23.4. The summed E-state index contributed by atoms with van der Waals surface area (Å²) in [6.45, 7) is 17.0. The van der Waals surface area contributed by atoms with Crippen LogP contribution in [0.4, 0.5) is 33.1 Å². The number of aliphatic hydroxyl groups is 1. The van der Waals surface area contributed by atoms with Crippen LogP contribution in [0.3, 0.4) is 0 Å². The number of hydrogen-bond acceptors (Lipinski definition) is 14. The summed E-state index contributed by atoms with van der Waals surface area (Å²) in [6, 6.07) is 27.3. The first-order valence-electron chi connectivity index (χ1n) is 26.6. The smallest absolute Gasteiger partial charge is 0.258 e. The second-order valence-electron chi connectivity index (χ2n) is 20.8. The van der Waals surface area contributed by atoms with E-state index in [0.29, 0.717) is 28.8 Å². The fourth-order valence-electron chi connectivity index (χ4n) is 11.0. The maximum Gasteiger partial charge on any atom is 0.258 e. The van der Waals surface area contributed by atoms with Crippen LogP contribution in [0, 0.1) is 18.7 Å². The third kappa shape index (κ3) is 11.9. The molecule has 4 saturated heterocycles. The largest absolute Gasteiger partial charge is 0.391 e. The number of rotatable bonds is 15. The van der Waals surface area contributed by atoms with Crippen molar-refractivity contribution < 1.29 is 28.4 Å². The molecule has 0 radical (unpaired) electrons. The number of aliphatic hydroxyl groups excluding tert-OH is 1. The number of halogens is 1. The molecular formula is C58H68FN11O5S. The van der Waals surface area contributed by atoms with Gasteiger partial charge in [0.05, 0.1) is 39.4 Å². The van der Waals surface area contributed by atoms with Crippen LogP contribution in [0.15, 0.2) is 113 Å². The summed E-state index contributed by atoms with van der Waals surface area (Å²) in [7, 11) is 0. The maximum atomic E-state index is 15.5. The fraction of sp³-hybridized carbons (Fsp3) is 0.414.